The van der Waals surface area contributed by atoms with E-state index in [-0.39, 0.29) is 16.9 Å². The van der Waals surface area contributed by atoms with Crippen molar-refractivity contribution in [1.82, 2.24) is 0 Å². The minimum atomic E-state index is 0.155. The summed E-state index contributed by atoms with van der Waals surface area (Å²) in [5, 5.41) is 3.72. The molecular weight excluding hydrogens is 354 g/mol. The average Bonchev–Trinajstić information content (AvgIpc) is 3.07. The molecule has 0 bridgehead atoms. The second kappa shape index (κ2) is 6.26. The van der Waals surface area contributed by atoms with Crippen molar-refractivity contribution in [2.45, 2.75) is 70.8 Å². The zero-order valence-electron chi connectivity index (χ0n) is 18.2. The van der Waals surface area contributed by atoms with Crippen LogP contribution in [-0.4, -0.2) is 6.10 Å². The van der Waals surface area contributed by atoms with Crippen molar-refractivity contribution in [3.8, 4) is 5.75 Å². The summed E-state index contributed by atoms with van der Waals surface area (Å²) < 4.78 is 6.36. The van der Waals surface area contributed by atoms with Crippen molar-refractivity contribution in [3.63, 3.8) is 0 Å². The SMILES string of the molecule is Cc1cc2c(cc1Nc1cccc3c1OC1CC=CC=C31)C(C)(C)CCC2(C)C. The zero-order valence-corrected chi connectivity index (χ0v) is 18.2. The van der Waals surface area contributed by atoms with Crippen LogP contribution in [0, 0.1) is 6.92 Å². The summed E-state index contributed by atoms with van der Waals surface area (Å²) in [7, 11) is 0. The molecule has 0 aromatic heterocycles. The van der Waals surface area contributed by atoms with Gasteiger partial charge in [0, 0.05) is 23.2 Å². The molecule has 2 heteroatoms. The third-order valence-corrected chi connectivity index (χ3v) is 7.16. The van der Waals surface area contributed by atoms with Crippen LogP contribution in [0.2, 0.25) is 0 Å². The van der Waals surface area contributed by atoms with Crippen molar-refractivity contribution in [1.29, 1.82) is 0 Å². The molecule has 1 atom stereocenters. The van der Waals surface area contributed by atoms with Crippen LogP contribution in [-0.2, 0) is 10.8 Å². The van der Waals surface area contributed by atoms with E-state index in [2.05, 4.69) is 88.5 Å². The smallest absolute Gasteiger partial charge is 0.151 e. The van der Waals surface area contributed by atoms with E-state index in [1.807, 2.05) is 0 Å². The number of benzene rings is 2. The molecule has 150 valence electrons. The van der Waals surface area contributed by atoms with Gasteiger partial charge in [-0.1, -0.05) is 64.1 Å². The molecule has 3 aliphatic rings. The van der Waals surface area contributed by atoms with Gasteiger partial charge in [0.25, 0.3) is 0 Å². The Labute approximate surface area is 174 Å². The lowest BCUT2D eigenvalue weighted by Crippen LogP contribution is -2.34. The molecule has 0 saturated heterocycles. The predicted molar refractivity (Wildman–Crippen MR) is 122 cm³/mol. The highest BCUT2D eigenvalue weighted by Gasteiger charge is 2.37. The van der Waals surface area contributed by atoms with Gasteiger partial charge in [-0.15, -0.1) is 0 Å². The Balaban J connectivity index is 1.57. The van der Waals surface area contributed by atoms with Crippen molar-refractivity contribution >= 4 is 16.9 Å². The van der Waals surface area contributed by atoms with Gasteiger partial charge in [0.05, 0.1) is 5.69 Å². The van der Waals surface area contributed by atoms with E-state index >= 15 is 0 Å². The van der Waals surface area contributed by atoms with Crippen molar-refractivity contribution in [3.05, 3.63) is 70.8 Å². The van der Waals surface area contributed by atoms with Gasteiger partial charge in [-0.25, -0.2) is 0 Å². The molecule has 1 N–H and O–H groups in total. The maximum Gasteiger partial charge on any atom is 0.151 e. The van der Waals surface area contributed by atoms with Crippen LogP contribution >= 0.6 is 0 Å². The second-order valence-electron chi connectivity index (χ2n) is 10.2. The number of hydrogen-bond donors (Lipinski definition) is 1. The van der Waals surface area contributed by atoms with Crippen molar-refractivity contribution in [2.75, 3.05) is 5.32 Å². The van der Waals surface area contributed by atoms with Crippen molar-refractivity contribution < 1.29 is 4.74 Å². The number of allylic oxidation sites excluding steroid dienone is 2. The first kappa shape index (κ1) is 18.5. The molecule has 2 aliphatic carbocycles. The highest BCUT2D eigenvalue weighted by atomic mass is 16.5. The molecule has 0 radical (unpaired) electrons. The molecule has 0 fully saturated rings. The maximum absolute atomic E-state index is 6.36. The highest BCUT2D eigenvalue weighted by molar-refractivity contribution is 5.85. The van der Waals surface area contributed by atoms with Crippen LogP contribution in [0.1, 0.15) is 69.2 Å². The van der Waals surface area contributed by atoms with Gasteiger partial charge in [0.1, 0.15) is 6.10 Å². The Kier molecular flexibility index (Phi) is 4.00. The second-order valence-corrected chi connectivity index (χ2v) is 10.2. The normalized spacial score (nSPS) is 22.8. The summed E-state index contributed by atoms with van der Waals surface area (Å²) in [5.41, 5.74) is 9.50. The Hall–Kier alpha value is -2.48. The fourth-order valence-corrected chi connectivity index (χ4v) is 5.12. The fourth-order valence-electron chi connectivity index (χ4n) is 5.12. The largest absolute Gasteiger partial charge is 0.483 e. The van der Waals surface area contributed by atoms with Gasteiger partial charge in [-0.2, -0.15) is 0 Å². The lowest BCUT2D eigenvalue weighted by Gasteiger charge is -2.42. The van der Waals surface area contributed by atoms with Gasteiger partial charge < -0.3 is 10.1 Å². The standard InChI is InChI=1S/C27H31NO/c1-17-15-20-21(27(4,5)14-13-26(20,2)3)16-23(17)28-22-11-8-10-19-18-9-6-7-12-24(18)29-25(19)22/h6-11,15-16,24,28H,12-14H2,1-5H3. The van der Waals surface area contributed by atoms with E-state index < -0.39 is 0 Å². The fraction of sp³-hybridized carbons (Fsp3) is 0.407. The van der Waals surface area contributed by atoms with E-state index in [1.54, 1.807) is 0 Å². The molecule has 1 aliphatic heterocycles. The van der Waals surface area contributed by atoms with Gasteiger partial charge in [0.15, 0.2) is 5.75 Å². The number of hydrogen-bond acceptors (Lipinski definition) is 2. The Morgan fingerprint density at radius 3 is 2.45 bits per heavy atom. The number of nitrogens with one attached hydrogen (secondary N) is 1. The topological polar surface area (TPSA) is 21.3 Å². The lowest BCUT2D eigenvalue weighted by atomic mass is 9.63. The quantitative estimate of drug-likeness (QED) is 0.590. The minimum Gasteiger partial charge on any atom is -0.483 e. The summed E-state index contributed by atoms with van der Waals surface area (Å²) >= 11 is 0. The van der Waals surface area contributed by atoms with E-state index in [9.17, 15) is 0 Å². The van der Waals surface area contributed by atoms with E-state index in [1.165, 1.54) is 46.4 Å². The number of rotatable bonds is 2. The van der Waals surface area contributed by atoms with Crippen LogP contribution in [0.4, 0.5) is 11.4 Å². The summed E-state index contributed by atoms with van der Waals surface area (Å²) in [5.74, 6) is 0.990. The van der Waals surface area contributed by atoms with Gasteiger partial charge >= 0.3 is 0 Å². The van der Waals surface area contributed by atoms with Gasteiger partial charge in [0.2, 0.25) is 0 Å². The molecule has 0 spiro atoms. The number of fused-ring (bicyclic) bond motifs is 4. The van der Waals surface area contributed by atoms with E-state index in [0.29, 0.717) is 0 Å². The third-order valence-electron chi connectivity index (χ3n) is 7.16. The summed E-state index contributed by atoms with van der Waals surface area (Å²) in [6.45, 7) is 11.8. The van der Waals surface area contributed by atoms with Crippen LogP contribution in [0.15, 0.2) is 48.6 Å². The molecular formula is C27H31NO. The van der Waals surface area contributed by atoms with Crippen LogP contribution in [0.3, 0.4) is 0 Å². The number of aryl methyl sites for hydroxylation is 1. The Bertz CT molecular complexity index is 1050. The molecule has 29 heavy (non-hydrogen) atoms. The summed E-state index contributed by atoms with van der Waals surface area (Å²) in [6, 6.07) is 11.3. The van der Waals surface area contributed by atoms with Gasteiger partial charge in [-0.3, -0.25) is 0 Å². The average molecular weight is 386 g/mol. The minimum absolute atomic E-state index is 0.155. The lowest BCUT2D eigenvalue weighted by molar-refractivity contribution is 0.280. The predicted octanol–water partition coefficient (Wildman–Crippen LogP) is 7.19. The van der Waals surface area contributed by atoms with Crippen molar-refractivity contribution in [2.24, 2.45) is 0 Å². The monoisotopic (exact) mass is 385 g/mol. The first-order valence-corrected chi connectivity index (χ1v) is 10.9. The van der Waals surface area contributed by atoms with E-state index in [4.69, 9.17) is 4.74 Å². The number of ether oxygens (including phenoxy) is 1. The molecule has 5 rings (SSSR count). The zero-order chi connectivity index (χ0) is 20.4. The van der Waals surface area contributed by atoms with Crippen LogP contribution in [0.25, 0.3) is 5.57 Å². The molecule has 2 nitrogen and oxygen atoms in total. The van der Waals surface area contributed by atoms with Gasteiger partial charge in [-0.05, 0) is 59.4 Å². The Morgan fingerprint density at radius 1 is 0.966 bits per heavy atom. The maximum atomic E-state index is 6.36. The first-order chi connectivity index (χ1) is 13.8. The summed E-state index contributed by atoms with van der Waals surface area (Å²) in [6.07, 6.45) is 10.1. The summed E-state index contributed by atoms with van der Waals surface area (Å²) in [4.78, 5) is 0. The number of anilines is 2. The molecule has 2 aromatic carbocycles. The molecule has 2 aromatic rings. The third kappa shape index (κ3) is 2.92. The van der Waals surface area contributed by atoms with E-state index in [0.717, 1.165) is 17.9 Å². The van der Waals surface area contributed by atoms with Crippen LogP contribution < -0.4 is 10.1 Å². The highest BCUT2D eigenvalue weighted by Crippen LogP contribution is 2.49. The molecule has 1 heterocycles. The molecule has 0 amide bonds. The van der Waals surface area contributed by atoms with Crippen LogP contribution in [0.5, 0.6) is 5.75 Å². The first-order valence-electron chi connectivity index (χ1n) is 10.9. The Morgan fingerprint density at radius 2 is 1.69 bits per heavy atom. The molecule has 0 saturated carbocycles. The molecule has 1 unspecified atom stereocenters. The number of para-hydroxylation sites is 1.